The quantitative estimate of drug-likeness (QED) is 0.164. The predicted molar refractivity (Wildman–Crippen MR) is 267 cm³/mol. The molecule has 0 N–H and O–H groups in total. The van der Waals surface area contributed by atoms with E-state index in [1.165, 1.54) is 125 Å². The van der Waals surface area contributed by atoms with Gasteiger partial charge in [0.2, 0.25) is 0 Å². The third-order valence-electron chi connectivity index (χ3n) is 15.4. The second-order valence-corrected chi connectivity index (χ2v) is 21.8. The summed E-state index contributed by atoms with van der Waals surface area (Å²) in [5.41, 5.74) is 26.7. The lowest BCUT2D eigenvalue weighted by Gasteiger charge is -2.48. The molecule has 62 heavy (non-hydrogen) atoms. The third-order valence-corrected chi connectivity index (χ3v) is 15.4. The number of anilines is 6. The van der Waals surface area contributed by atoms with Crippen LogP contribution in [0.15, 0.2) is 133 Å². The molecule has 7 aromatic rings. The molecule has 0 saturated heterocycles. The van der Waals surface area contributed by atoms with E-state index in [0.717, 1.165) is 0 Å². The van der Waals surface area contributed by atoms with Crippen LogP contribution in [0.4, 0.5) is 34.1 Å². The van der Waals surface area contributed by atoms with Crippen LogP contribution in [-0.2, 0) is 21.7 Å². The molecule has 0 atom stereocenters. The zero-order valence-corrected chi connectivity index (χ0v) is 38.6. The van der Waals surface area contributed by atoms with Crippen molar-refractivity contribution in [2.75, 3.05) is 9.80 Å². The second-order valence-electron chi connectivity index (χ2n) is 21.8. The van der Waals surface area contributed by atoms with E-state index >= 15 is 0 Å². The largest absolute Gasteiger partial charge is 0.311 e. The highest BCUT2D eigenvalue weighted by molar-refractivity contribution is 7.00. The Morgan fingerprint density at radius 1 is 0.484 bits per heavy atom. The highest BCUT2D eigenvalue weighted by Crippen LogP contribution is 2.56. The standard InChI is InChI=1S/C59H59BN2/c1-36-30-52-55-53(31-36)62(50-23-17-21-42-41-20-15-16-22-43(41)59(10,11)54(42)50)51-35-45-44(57(6,7)28-29-58(45,8)9)34-47(51)60(55)46-33-40(56(3,4)5)25-27-49(46)61(52)48-26-24-39(32-37(48)2)38-18-13-12-14-19-38/h12-27,30-35H,28-29H2,1-11H3. The Bertz CT molecular complexity index is 3010. The molecule has 0 saturated carbocycles. The molecule has 0 spiro atoms. The van der Waals surface area contributed by atoms with Crippen LogP contribution < -0.4 is 26.2 Å². The van der Waals surface area contributed by atoms with Gasteiger partial charge in [-0.1, -0.05) is 153 Å². The normalized spacial score (nSPS) is 17.1. The Labute approximate surface area is 370 Å². The Hall–Kier alpha value is -5.80. The summed E-state index contributed by atoms with van der Waals surface area (Å²) in [6, 6.07) is 51.8. The topological polar surface area (TPSA) is 6.48 Å². The van der Waals surface area contributed by atoms with Gasteiger partial charge in [-0.3, -0.25) is 0 Å². The van der Waals surface area contributed by atoms with Gasteiger partial charge < -0.3 is 9.80 Å². The van der Waals surface area contributed by atoms with Crippen molar-refractivity contribution in [3.8, 4) is 22.3 Å². The van der Waals surface area contributed by atoms with Gasteiger partial charge in [0.25, 0.3) is 6.71 Å². The van der Waals surface area contributed by atoms with Crippen LogP contribution in [0.2, 0.25) is 0 Å². The summed E-state index contributed by atoms with van der Waals surface area (Å²) in [5.74, 6) is 0. The number of fused-ring (bicyclic) bond motifs is 8. The lowest BCUT2D eigenvalue weighted by atomic mass is 9.33. The van der Waals surface area contributed by atoms with Gasteiger partial charge in [0.05, 0.1) is 5.69 Å². The van der Waals surface area contributed by atoms with Crippen molar-refractivity contribution in [2.45, 2.75) is 111 Å². The molecule has 2 aliphatic heterocycles. The van der Waals surface area contributed by atoms with Crippen LogP contribution in [0, 0.1) is 13.8 Å². The maximum absolute atomic E-state index is 2.71. The minimum absolute atomic E-state index is 0.0138. The van der Waals surface area contributed by atoms with Crippen LogP contribution in [0.3, 0.4) is 0 Å². The van der Waals surface area contributed by atoms with Crippen LogP contribution in [-0.4, -0.2) is 6.71 Å². The minimum atomic E-state index is -0.184. The third kappa shape index (κ3) is 5.55. The molecule has 3 heteroatoms. The molecule has 0 unspecified atom stereocenters. The minimum Gasteiger partial charge on any atom is -0.311 e. The average Bonchev–Trinajstić information content (AvgIpc) is 3.48. The number of hydrogen-bond acceptors (Lipinski definition) is 2. The van der Waals surface area contributed by atoms with E-state index < -0.39 is 0 Å². The molecule has 2 nitrogen and oxygen atoms in total. The fourth-order valence-electron chi connectivity index (χ4n) is 11.9. The highest BCUT2D eigenvalue weighted by atomic mass is 15.2. The van der Waals surface area contributed by atoms with Crippen LogP contribution in [0.25, 0.3) is 22.3 Å². The molecule has 2 heterocycles. The van der Waals surface area contributed by atoms with Crippen molar-refractivity contribution in [2.24, 2.45) is 0 Å². The van der Waals surface area contributed by atoms with Crippen molar-refractivity contribution in [1.82, 2.24) is 0 Å². The average molecular weight is 807 g/mol. The van der Waals surface area contributed by atoms with Gasteiger partial charge in [0, 0.05) is 33.9 Å². The molecular weight excluding hydrogens is 747 g/mol. The number of rotatable bonds is 3. The Morgan fingerprint density at radius 3 is 1.79 bits per heavy atom. The summed E-state index contributed by atoms with van der Waals surface area (Å²) in [6.07, 6.45) is 2.35. The van der Waals surface area contributed by atoms with Crippen molar-refractivity contribution in [1.29, 1.82) is 0 Å². The number of nitrogens with zero attached hydrogens (tertiary/aromatic N) is 2. The molecular formula is C59H59BN2. The van der Waals surface area contributed by atoms with Gasteiger partial charge in [-0.15, -0.1) is 0 Å². The van der Waals surface area contributed by atoms with Gasteiger partial charge >= 0.3 is 0 Å². The van der Waals surface area contributed by atoms with Crippen LogP contribution in [0.5, 0.6) is 0 Å². The Balaban J connectivity index is 1.25. The molecule has 2 aliphatic carbocycles. The number of hydrogen-bond donors (Lipinski definition) is 0. The fourth-order valence-corrected chi connectivity index (χ4v) is 11.9. The first kappa shape index (κ1) is 39.1. The van der Waals surface area contributed by atoms with Crippen molar-refractivity contribution < 1.29 is 0 Å². The zero-order chi connectivity index (χ0) is 43.2. The summed E-state index contributed by atoms with van der Waals surface area (Å²) in [7, 11) is 0. The zero-order valence-electron chi connectivity index (χ0n) is 38.6. The van der Waals surface area contributed by atoms with Gasteiger partial charge in [-0.25, -0.2) is 0 Å². The molecule has 0 amide bonds. The predicted octanol–water partition coefficient (Wildman–Crippen LogP) is 14.0. The van der Waals surface area contributed by atoms with E-state index in [1.54, 1.807) is 0 Å². The first-order valence-corrected chi connectivity index (χ1v) is 22.9. The summed E-state index contributed by atoms with van der Waals surface area (Å²) in [4.78, 5) is 5.32. The molecule has 4 aliphatic rings. The summed E-state index contributed by atoms with van der Waals surface area (Å²) >= 11 is 0. The van der Waals surface area contributed by atoms with E-state index in [1.807, 2.05) is 0 Å². The van der Waals surface area contributed by atoms with Crippen LogP contribution in [0.1, 0.15) is 114 Å². The Kier molecular flexibility index (Phi) is 8.27. The maximum atomic E-state index is 2.71. The van der Waals surface area contributed by atoms with Crippen molar-refractivity contribution >= 4 is 57.2 Å². The lowest BCUT2D eigenvalue weighted by molar-refractivity contribution is 0.332. The first-order chi connectivity index (χ1) is 29.5. The SMILES string of the molecule is Cc1cc2c3c(c1)N(c1cccc4c1C(C)(C)c1ccccc1-4)c1cc4c(cc1B3c1cc(C(C)(C)C)ccc1N2c1ccc(-c2ccccc2)cc1C)C(C)(C)CCC4(C)C. The lowest BCUT2D eigenvalue weighted by Crippen LogP contribution is -2.62. The van der Waals surface area contributed by atoms with Gasteiger partial charge in [0.15, 0.2) is 0 Å². The van der Waals surface area contributed by atoms with Gasteiger partial charge in [0.1, 0.15) is 0 Å². The van der Waals surface area contributed by atoms with Gasteiger partial charge in [-0.2, -0.15) is 0 Å². The van der Waals surface area contributed by atoms with E-state index in [9.17, 15) is 0 Å². The van der Waals surface area contributed by atoms with Gasteiger partial charge in [-0.05, 0) is 163 Å². The molecule has 7 aromatic carbocycles. The molecule has 0 aromatic heterocycles. The monoisotopic (exact) mass is 806 g/mol. The smallest absolute Gasteiger partial charge is 0.252 e. The van der Waals surface area contributed by atoms with E-state index in [4.69, 9.17) is 0 Å². The highest BCUT2D eigenvalue weighted by Gasteiger charge is 2.48. The van der Waals surface area contributed by atoms with Crippen molar-refractivity contribution in [3.63, 3.8) is 0 Å². The maximum Gasteiger partial charge on any atom is 0.252 e. The van der Waals surface area contributed by atoms with Crippen molar-refractivity contribution in [3.05, 3.63) is 172 Å². The fraction of sp³-hybridized carbons (Fsp3) is 0.288. The molecule has 0 fully saturated rings. The van der Waals surface area contributed by atoms with E-state index in [0.29, 0.717) is 0 Å². The summed E-state index contributed by atoms with van der Waals surface area (Å²) in [5, 5.41) is 0. The van der Waals surface area contributed by atoms with Crippen LogP contribution >= 0.6 is 0 Å². The Morgan fingerprint density at radius 2 is 1.10 bits per heavy atom. The van der Waals surface area contributed by atoms with E-state index in [-0.39, 0.29) is 28.4 Å². The molecule has 308 valence electrons. The first-order valence-electron chi connectivity index (χ1n) is 22.9. The molecule has 0 radical (unpaired) electrons. The van der Waals surface area contributed by atoms with E-state index in [2.05, 4.69) is 219 Å². The number of benzene rings is 7. The summed E-state index contributed by atoms with van der Waals surface area (Å²) < 4.78 is 0. The molecule has 11 rings (SSSR count). The number of aryl methyl sites for hydroxylation is 2. The second kappa shape index (κ2) is 13.1. The molecule has 0 bridgehead atoms. The summed E-state index contributed by atoms with van der Waals surface area (Å²) in [6.45, 7) is 26.5.